The Labute approximate surface area is 127 Å². The van der Waals surface area contributed by atoms with Gasteiger partial charge >= 0.3 is 0 Å². The van der Waals surface area contributed by atoms with Gasteiger partial charge in [-0.25, -0.2) is 0 Å². The van der Waals surface area contributed by atoms with E-state index in [1.54, 1.807) is 11.3 Å². The summed E-state index contributed by atoms with van der Waals surface area (Å²) < 4.78 is 2.23. The van der Waals surface area contributed by atoms with Crippen LogP contribution in [0.1, 0.15) is 26.3 Å². The van der Waals surface area contributed by atoms with Gasteiger partial charge in [-0.2, -0.15) is 0 Å². The maximum absolute atomic E-state index is 6.55. The molecule has 1 aromatic carbocycles. The normalized spacial score (nSPS) is 12.8. The van der Waals surface area contributed by atoms with Crippen LogP contribution in [0.15, 0.2) is 33.2 Å². The minimum absolute atomic E-state index is 0.0712. The zero-order valence-corrected chi connectivity index (χ0v) is 14.2. The van der Waals surface area contributed by atoms with E-state index in [1.165, 1.54) is 20.9 Å². The van der Waals surface area contributed by atoms with Gasteiger partial charge in [0.2, 0.25) is 0 Å². The molecule has 2 aromatic rings. The predicted molar refractivity (Wildman–Crippen MR) is 83.3 cm³/mol. The minimum Gasteiger partial charge on any atom is -0.143 e. The van der Waals surface area contributed by atoms with Crippen LogP contribution in [0.4, 0.5) is 0 Å². The van der Waals surface area contributed by atoms with Gasteiger partial charge in [-0.05, 0) is 59.1 Å². The molecule has 0 aliphatic heterocycles. The first-order chi connectivity index (χ1) is 7.99. The third kappa shape index (κ3) is 2.95. The van der Waals surface area contributed by atoms with Crippen molar-refractivity contribution >= 4 is 54.8 Å². The highest BCUT2D eigenvalue weighted by molar-refractivity contribution is 9.10. The molecule has 17 heavy (non-hydrogen) atoms. The van der Waals surface area contributed by atoms with Crippen molar-refractivity contribution in [2.75, 3.05) is 0 Å². The monoisotopic (exact) mass is 392 g/mol. The van der Waals surface area contributed by atoms with E-state index in [0.29, 0.717) is 0 Å². The minimum atomic E-state index is -0.0712. The van der Waals surface area contributed by atoms with Crippen molar-refractivity contribution in [3.63, 3.8) is 0 Å². The molecule has 0 N–H and O–H groups in total. The van der Waals surface area contributed by atoms with Gasteiger partial charge in [0.05, 0.1) is 5.38 Å². The van der Waals surface area contributed by atoms with E-state index in [2.05, 4.69) is 63.9 Å². The molecule has 90 valence electrons. The molecule has 1 unspecified atom stereocenters. The molecule has 0 saturated carbocycles. The van der Waals surface area contributed by atoms with E-state index in [-0.39, 0.29) is 5.38 Å². The first-order valence-electron chi connectivity index (χ1n) is 5.15. The summed E-state index contributed by atoms with van der Waals surface area (Å²) in [5, 5.41) is -0.0712. The molecule has 1 aromatic heterocycles. The first-order valence-corrected chi connectivity index (χ1v) is 7.99. The Hall–Kier alpha value is 0.170. The molecule has 1 heterocycles. The number of hydrogen-bond donors (Lipinski definition) is 0. The summed E-state index contributed by atoms with van der Waals surface area (Å²) in [5.41, 5.74) is 2.38. The predicted octanol–water partition coefficient (Wildman–Crippen LogP) is 6.22. The van der Waals surface area contributed by atoms with E-state index in [9.17, 15) is 0 Å². The molecule has 0 aliphatic carbocycles. The summed E-state index contributed by atoms with van der Waals surface area (Å²) in [5.74, 6) is 0. The van der Waals surface area contributed by atoms with Crippen molar-refractivity contribution in [2.24, 2.45) is 0 Å². The van der Waals surface area contributed by atoms with Crippen molar-refractivity contribution in [3.8, 4) is 0 Å². The van der Waals surface area contributed by atoms with E-state index >= 15 is 0 Å². The third-order valence-corrected chi connectivity index (χ3v) is 5.93. The van der Waals surface area contributed by atoms with Crippen LogP contribution in [0.2, 0.25) is 0 Å². The lowest BCUT2D eigenvalue weighted by molar-refractivity contribution is 1.14. The largest absolute Gasteiger partial charge is 0.143 e. The Balaban J connectivity index is 2.39. The molecule has 0 fully saturated rings. The summed E-state index contributed by atoms with van der Waals surface area (Å²) in [6.45, 7) is 4.18. The third-order valence-electron chi connectivity index (χ3n) is 2.63. The second-order valence-electron chi connectivity index (χ2n) is 3.92. The number of alkyl halides is 1. The van der Waals surface area contributed by atoms with Crippen LogP contribution >= 0.6 is 54.8 Å². The van der Waals surface area contributed by atoms with Crippen molar-refractivity contribution in [3.05, 3.63) is 54.1 Å². The molecule has 4 heteroatoms. The van der Waals surface area contributed by atoms with Crippen LogP contribution in [0, 0.1) is 13.8 Å². The Morgan fingerprint density at radius 2 is 1.88 bits per heavy atom. The Kier molecular flexibility index (Phi) is 4.35. The molecule has 1 atom stereocenters. The Morgan fingerprint density at radius 1 is 1.18 bits per heavy atom. The molecule has 0 amide bonds. The maximum atomic E-state index is 6.55. The maximum Gasteiger partial charge on any atom is 0.0930 e. The molecular weight excluding hydrogens is 383 g/mol. The van der Waals surface area contributed by atoms with Crippen LogP contribution in [-0.4, -0.2) is 0 Å². The lowest BCUT2D eigenvalue weighted by atomic mass is 10.0. The lowest BCUT2D eigenvalue weighted by Gasteiger charge is -2.11. The number of benzene rings is 1. The highest BCUT2D eigenvalue weighted by atomic mass is 79.9. The van der Waals surface area contributed by atoms with Crippen molar-refractivity contribution in [2.45, 2.75) is 19.2 Å². The number of halogens is 3. The van der Waals surface area contributed by atoms with Gasteiger partial charge in [0.25, 0.3) is 0 Å². The average Bonchev–Trinajstić information content (AvgIpc) is 2.58. The molecular formula is C13H11Br2ClS. The van der Waals surface area contributed by atoms with Crippen LogP contribution in [0.3, 0.4) is 0 Å². The Bertz CT molecular complexity index is 529. The average molecular weight is 395 g/mol. The fraction of sp³-hybridized carbons (Fsp3) is 0.231. The fourth-order valence-electron chi connectivity index (χ4n) is 1.68. The smallest absolute Gasteiger partial charge is 0.0930 e. The van der Waals surface area contributed by atoms with Crippen molar-refractivity contribution in [1.82, 2.24) is 0 Å². The van der Waals surface area contributed by atoms with Gasteiger partial charge in [0, 0.05) is 18.7 Å². The van der Waals surface area contributed by atoms with Gasteiger partial charge in [0.1, 0.15) is 0 Å². The zero-order valence-electron chi connectivity index (χ0n) is 9.43. The summed E-state index contributed by atoms with van der Waals surface area (Å²) in [4.78, 5) is 2.45. The van der Waals surface area contributed by atoms with E-state index in [4.69, 9.17) is 11.6 Å². The highest BCUT2D eigenvalue weighted by Gasteiger charge is 2.16. The van der Waals surface area contributed by atoms with Gasteiger partial charge in [-0.1, -0.05) is 22.0 Å². The molecule has 0 spiro atoms. The zero-order chi connectivity index (χ0) is 12.6. The molecule has 0 aliphatic rings. The second-order valence-corrected chi connectivity index (χ2v) is 7.41. The molecule has 0 radical (unpaired) electrons. The van der Waals surface area contributed by atoms with Gasteiger partial charge < -0.3 is 0 Å². The number of thiophene rings is 1. The second kappa shape index (κ2) is 5.43. The van der Waals surface area contributed by atoms with E-state index in [1.807, 2.05) is 6.07 Å². The lowest BCUT2D eigenvalue weighted by Crippen LogP contribution is -1.93. The van der Waals surface area contributed by atoms with Crippen LogP contribution in [0.5, 0.6) is 0 Å². The van der Waals surface area contributed by atoms with Crippen molar-refractivity contribution < 1.29 is 0 Å². The standard InChI is InChI=1S/C13H11Br2ClS/c1-7-5-9(14)3-4-10(7)13(16)12-6-11(15)8(2)17-12/h3-6,13H,1-2H3. The summed E-state index contributed by atoms with van der Waals surface area (Å²) in [6.07, 6.45) is 0. The quantitative estimate of drug-likeness (QED) is 0.531. The van der Waals surface area contributed by atoms with Crippen LogP contribution < -0.4 is 0 Å². The topological polar surface area (TPSA) is 0 Å². The van der Waals surface area contributed by atoms with E-state index in [0.717, 1.165) is 8.95 Å². The number of rotatable bonds is 2. The summed E-state index contributed by atoms with van der Waals surface area (Å²) in [6, 6.07) is 8.33. The number of aryl methyl sites for hydroxylation is 2. The summed E-state index contributed by atoms with van der Waals surface area (Å²) in [7, 11) is 0. The molecule has 2 rings (SSSR count). The van der Waals surface area contributed by atoms with Crippen LogP contribution in [-0.2, 0) is 0 Å². The fourth-order valence-corrected chi connectivity index (χ4v) is 4.16. The van der Waals surface area contributed by atoms with Gasteiger partial charge in [-0.3, -0.25) is 0 Å². The molecule has 0 bridgehead atoms. The highest BCUT2D eigenvalue weighted by Crippen LogP contribution is 2.38. The first kappa shape index (κ1) is 13.6. The molecule has 0 nitrogen and oxygen atoms in total. The van der Waals surface area contributed by atoms with Gasteiger partial charge in [0.15, 0.2) is 0 Å². The van der Waals surface area contributed by atoms with Gasteiger partial charge in [-0.15, -0.1) is 22.9 Å². The van der Waals surface area contributed by atoms with Crippen molar-refractivity contribution in [1.29, 1.82) is 0 Å². The summed E-state index contributed by atoms with van der Waals surface area (Å²) >= 11 is 15.3. The molecule has 0 saturated heterocycles. The van der Waals surface area contributed by atoms with Crippen LogP contribution in [0.25, 0.3) is 0 Å². The SMILES string of the molecule is Cc1cc(Br)ccc1C(Cl)c1cc(Br)c(C)s1. The van der Waals surface area contributed by atoms with E-state index < -0.39 is 0 Å². The number of hydrogen-bond acceptors (Lipinski definition) is 1. The Morgan fingerprint density at radius 3 is 2.41 bits per heavy atom.